The Morgan fingerprint density at radius 2 is 1.36 bits per heavy atom. The van der Waals surface area contributed by atoms with E-state index in [1.807, 2.05) is 92.0 Å². The van der Waals surface area contributed by atoms with Crippen LogP contribution in [0.5, 0.6) is 11.5 Å². The Balaban J connectivity index is 1.85. The first-order valence-electron chi connectivity index (χ1n) is 7.32. The maximum atomic E-state index is 6.09. The van der Waals surface area contributed by atoms with Crippen LogP contribution >= 0.6 is 0 Å². The lowest BCUT2D eigenvalue weighted by molar-refractivity contribution is -0.0418. The van der Waals surface area contributed by atoms with Crippen LogP contribution in [0.4, 0.5) is 0 Å². The first-order chi connectivity index (χ1) is 10.8. The maximum Gasteiger partial charge on any atom is 0.267 e. The van der Waals surface area contributed by atoms with Gasteiger partial charge >= 0.3 is 0 Å². The number of rotatable bonds is 5. The molecule has 2 aromatic rings. The van der Waals surface area contributed by atoms with Gasteiger partial charge in [-0.2, -0.15) is 0 Å². The van der Waals surface area contributed by atoms with Gasteiger partial charge in [-0.15, -0.1) is 0 Å². The number of hydrogen-bond donors (Lipinski definition) is 1. The van der Waals surface area contributed by atoms with Crippen LogP contribution in [0.25, 0.3) is 0 Å². The Morgan fingerprint density at radius 1 is 0.818 bits per heavy atom. The van der Waals surface area contributed by atoms with Gasteiger partial charge in [0.05, 0.1) is 0 Å². The Labute approximate surface area is 130 Å². The summed E-state index contributed by atoms with van der Waals surface area (Å²) in [7, 11) is 0. The Kier molecular flexibility index (Phi) is 4.15. The fourth-order valence-electron chi connectivity index (χ4n) is 2.25. The van der Waals surface area contributed by atoms with Crippen molar-refractivity contribution < 1.29 is 9.47 Å². The third-order valence-corrected chi connectivity index (χ3v) is 3.51. The van der Waals surface area contributed by atoms with Gasteiger partial charge in [0, 0.05) is 0 Å². The highest BCUT2D eigenvalue weighted by molar-refractivity contribution is 5.27. The highest BCUT2D eigenvalue weighted by Crippen LogP contribution is 2.24. The zero-order chi connectivity index (χ0) is 15.3. The van der Waals surface area contributed by atoms with E-state index in [1.54, 1.807) is 0 Å². The predicted molar refractivity (Wildman–Crippen MR) is 87.7 cm³/mol. The van der Waals surface area contributed by atoms with Gasteiger partial charge in [-0.25, -0.2) is 0 Å². The van der Waals surface area contributed by atoms with Crippen molar-refractivity contribution in [2.45, 2.75) is 18.8 Å². The lowest BCUT2D eigenvalue weighted by atomic mass is 9.99. The van der Waals surface area contributed by atoms with Crippen molar-refractivity contribution in [3.63, 3.8) is 0 Å². The fraction of sp³-hybridized carbons (Fsp3) is 0.158. The minimum atomic E-state index is -0.501. The molecule has 1 unspecified atom stereocenters. The van der Waals surface area contributed by atoms with Crippen molar-refractivity contribution in [3.8, 4) is 11.5 Å². The summed E-state index contributed by atoms with van der Waals surface area (Å²) < 4.78 is 12.2. The molecule has 22 heavy (non-hydrogen) atoms. The molecule has 0 aromatic heterocycles. The second-order valence-corrected chi connectivity index (χ2v) is 5.34. The normalized spacial score (nSPS) is 19.7. The minimum absolute atomic E-state index is 0.458. The van der Waals surface area contributed by atoms with E-state index in [0.717, 1.165) is 11.5 Å². The van der Waals surface area contributed by atoms with Crippen molar-refractivity contribution in [2.75, 3.05) is 0 Å². The first kappa shape index (κ1) is 14.3. The summed E-state index contributed by atoms with van der Waals surface area (Å²) in [5.41, 5.74) is -0.458. The van der Waals surface area contributed by atoms with E-state index in [4.69, 9.17) is 9.47 Å². The van der Waals surface area contributed by atoms with Crippen LogP contribution in [0, 0.1) is 0 Å². The topological polar surface area (TPSA) is 30.5 Å². The van der Waals surface area contributed by atoms with E-state index < -0.39 is 11.8 Å². The number of dihydropyridines is 1. The quantitative estimate of drug-likeness (QED) is 0.848. The summed E-state index contributed by atoms with van der Waals surface area (Å²) in [6.45, 7) is 2.05. The van der Waals surface area contributed by atoms with E-state index in [1.165, 1.54) is 0 Å². The van der Waals surface area contributed by atoms with Crippen LogP contribution in [-0.2, 0) is 0 Å². The predicted octanol–water partition coefficient (Wildman–Crippen LogP) is 3.90. The zero-order valence-electron chi connectivity index (χ0n) is 12.5. The Bertz CT molecular complexity index is 610. The molecule has 112 valence electrons. The van der Waals surface area contributed by atoms with E-state index in [9.17, 15) is 0 Å². The van der Waals surface area contributed by atoms with Crippen LogP contribution < -0.4 is 14.8 Å². The number of hydrogen-bond acceptors (Lipinski definition) is 3. The molecule has 1 N–H and O–H groups in total. The van der Waals surface area contributed by atoms with Crippen LogP contribution in [0.15, 0.2) is 85.1 Å². The van der Waals surface area contributed by atoms with Crippen LogP contribution in [0.2, 0.25) is 0 Å². The van der Waals surface area contributed by atoms with Gasteiger partial charge < -0.3 is 14.8 Å². The van der Waals surface area contributed by atoms with Crippen molar-refractivity contribution >= 4 is 0 Å². The van der Waals surface area contributed by atoms with E-state index >= 15 is 0 Å². The van der Waals surface area contributed by atoms with Gasteiger partial charge in [-0.05, 0) is 43.5 Å². The van der Waals surface area contributed by atoms with Gasteiger partial charge in [0.1, 0.15) is 17.0 Å². The average Bonchev–Trinajstić information content (AvgIpc) is 2.57. The molecule has 0 fully saturated rings. The molecule has 0 radical (unpaired) electrons. The van der Waals surface area contributed by atoms with E-state index in [-0.39, 0.29) is 0 Å². The Hall–Kier alpha value is -2.68. The molecule has 0 saturated heterocycles. The molecule has 0 amide bonds. The summed E-state index contributed by atoms with van der Waals surface area (Å²) in [5, 5.41) is 3.32. The lowest BCUT2D eigenvalue weighted by Gasteiger charge is -2.36. The molecule has 1 atom stereocenters. The van der Waals surface area contributed by atoms with Gasteiger partial charge in [-0.3, -0.25) is 0 Å². The zero-order valence-corrected chi connectivity index (χ0v) is 12.5. The highest BCUT2D eigenvalue weighted by atomic mass is 16.7. The summed E-state index contributed by atoms with van der Waals surface area (Å²) in [6, 6.07) is 19.4. The summed E-state index contributed by atoms with van der Waals surface area (Å²) in [4.78, 5) is 0. The molecule has 0 saturated carbocycles. The van der Waals surface area contributed by atoms with Gasteiger partial charge in [0.2, 0.25) is 0 Å². The number of para-hydroxylation sites is 2. The third-order valence-electron chi connectivity index (χ3n) is 3.51. The maximum absolute atomic E-state index is 6.09. The SMILES string of the molecule is CC1(C(Oc2ccccc2)Oc2ccccc2)C=CC=CN1. The van der Waals surface area contributed by atoms with Crippen LogP contribution in [0.1, 0.15) is 6.92 Å². The number of allylic oxidation sites excluding steroid dienone is 2. The summed E-state index contributed by atoms with van der Waals surface area (Å²) >= 11 is 0. The largest absolute Gasteiger partial charge is 0.452 e. The molecular weight excluding hydrogens is 274 g/mol. The number of ether oxygens (including phenoxy) is 2. The first-order valence-corrected chi connectivity index (χ1v) is 7.32. The standard InChI is InChI=1S/C19H19NO2/c1-19(14-8-9-15-20-19)18(21-16-10-4-2-5-11-16)22-17-12-6-3-7-13-17/h2-15,18,20H,1H3. The van der Waals surface area contributed by atoms with Crippen LogP contribution in [0.3, 0.4) is 0 Å². The van der Waals surface area contributed by atoms with Crippen molar-refractivity contribution in [2.24, 2.45) is 0 Å². The molecule has 2 aromatic carbocycles. The molecule has 1 heterocycles. The fourth-order valence-corrected chi connectivity index (χ4v) is 2.25. The van der Waals surface area contributed by atoms with E-state index in [0.29, 0.717) is 0 Å². The molecule has 0 spiro atoms. The molecule has 1 aliphatic rings. The molecule has 0 bridgehead atoms. The lowest BCUT2D eigenvalue weighted by Crippen LogP contribution is -2.54. The molecular formula is C19H19NO2. The summed E-state index contributed by atoms with van der Waals surface area (Å²) in [6.07, 6.45) is 7.38. The molecule has 3 rings (SSSR count). The second-order valence-electron chi connectivity index (χ2n) is 5.34. The van der Waals surface area contributed by atoms with Crippen LogP contribution in [-0.4, -0.2) is 11.8 Å². The smallest absolute Gasteiger partial charge is 0.267 e. The molecule has 3 heteroatoms. The van der Waals surface area contributed by atoms with Gasteiger partial charge in [0.25, 0.3) is 6.29 Å². The number of nitrogens with one attached hydrogen (secondary N) is 1. The van der Waals surface area contributed by atoms with Crippen molar-refractivity contribution in [1.29, 1.82) is 0 Å². The molecule has 3 nitrogen and oxygen atoms in total. The van der Waals surface area contributed by atoms with Crippen molar-refractivity contribution in [1.82, 2.24) is 5.32 Å². The Morgan fingerprint density at radius 3 is 1.82 bits per heavy atom. The van der Waals surface area contributed by atoms with E-state index in [2.05, 4.69) is 5.32 Å². The average molecular weight is 293 g/mol. The third kappa shape index (κ3) is 3.31. The molecule has 0 aliphatic carbocycles. The van der Waals surface area contributed by atoms with Crippen molar-refractivity contribution in [3.05, 3.63) is 85.1 Å². The molecule has 1 aliphatic heterocycles. The number of benzene rings is 2. The monoisotopic (exact) mass is 293 g/mol. The second kappa shape index (κ2) is 6.39. The minimum Gasteiger partial charge on any atom is -0.452 e. The highest BCUT2D eigenvalue weighted by Gasteiger charge is 2.36. The van der Waals surface area contributed by atoms with Gasteiger partial charge in [-0.1, -0.05) is 48.6 Å². The van der Waals surface area contributed by atoms with Gasteiger partial charge in [0.15, 0.2) is 0 Å². The summed E-state index contributed by atoms with van der Waals surface area (Å²) in [5.74, 6) is 1.55.